The summed E-state index contributed by atoms with van der Waals surface area (Å²) < 4.78 is 19.4. The second-order valence-electron chi connectivity index (χ2n) is 4.50. The van der Waals surface area contributed by atoms with E-state index in [1.165, 1.54) is 19.1 Å². The van der Waals surface area contributed by atoms with Crippen LogP contribution in [-0.2, 0) is 23.4 Å². The van der Waals surface area contributed by atoms with Crippen molar-refractivity contribution in [3.05, 3.63) is 0 Å². The van der Waals surface area contributed by atoms with Crippen molar-refractivity contribution in [2.24, 2.45) is 5.92 Å². The number of guanidine groups is 1. The molecule has 1 aliphatic heterocycles. The Balaban J connectivity index is 2.53. The van der Waals surface area contributed by atoms with Crippen LogP contribution in [0.25, 0.3) is 0 Å². The molecule has 0 radical (unpaired) electrons. The predicted molar refractivity (Wildman–Crippen MR) is 70.2 cm³/mol. The quantitative estimate of drug-likeness (QED) is 0.253. The number of esters is 1. The Morgan fingerprint density at radius 2 is 2.19 bits per heavy atom. The van der Waals surface area contributed by atoms with E-state index >= 15 is 0 Å². The summed E-state index contributed by atoms with van der Waals surface area (Å²) in [4.78, 5) is 42.7. The van der Waals surface area contributed by atoms with Gasteiger partial charge in [0, 0.05) is 26.6 Å². The van der Waals surface area contributed by atoms with Crippen LogP contribution in [0.5, 0.6) is 0 Å². The van der Waals surface area contributed by atoms with E-state index in [1.54, 1.807) is 0 Å². The highest BCUT2D eigenvalue weighted by Gasteiger charge is 2.37. The molecule has 10 nitrogen and oxygen atoms in total. The van der Waals surface area contributed by atoms with Gasteiger partial charge in [-0.15, -0.1) is 0 Å². The fourth-order valence-electron chi connectivity index (χ4n) is 1.85. The Bertz CT molecular complexity index is 477. The first kappa shape index (κ1) is 17.6. The maximum atomic E-state index is 11.8. The van der Waals surface area contributed by atoms with Gasteiger partial charge in [0.2, 0.25) is 5.91 Å². The minimum absolute atomic E-state index is 0.0105. The van der Waals surface area contributed by atoms with Crippen LogP contribution in [0.4, 0.5) is 0 Å². The molecule has 1 atom stereocenters. The number of carbonyl (C=O) groups excluding carboxylic acids is 2. The third kappa shape index (κ3) is 5.09. The van der Waals surface area contributed by atoms with Gasteiger partial charge in [-0.2, -0.15) is 0 Å². The number of hydrogen-bond donors (Lipinski definition) is 3. The summed E-state index contributed by atoms with van der Waals surface area (Å²) in [5.74, 6) is -1.66. The summed E-state index contributed by atoms with van der Waals surface area (Å²) in [6.07, 6.45) is -0.0259. The molecule has 0 aliphatic carbocycles. The number of likely N-dealkylation sites (N-methyl/N-ethyl adjacent to an activating group) is 1. The van der Waals surface area contributed by atoms with Crippen molar-refractivity contribution in [2.75, 3.05) is 33.9 Å². The van der Waals surface area contributed by atoms with E-state index in [0.717, 1.165) is 4.90 Å². The molecule has 0 spiro atoms. The molecule has 21 heavy (non-hydrogen) atoms. The van der Waals surface area contributed by atoms with E-state index in [-0.39, 0.29) is 38.0 Å². The molecule has 1 fully saturated rings. The van der Waals surface area contributed by atoms with E-state index in [2.05, 4.69) is 9.26 Å². The molecule has 1 rings (SSSR count). The van der Waals surface area contributed by atoms with Gasteiger partial charge in [0.25, 0.3) is 0 Å². The first-order valence-electron chi connectivity index (χ1n) is 6.03. The first-order valence-corrected chi connectivity index (χ1v) is 7.56. The lowest BCUT2D eigenvalue weighted by molar-refractivity contribution is -0.145. The lowest BCUT2D eigenvalue weighted by Crippen LogP contribution is -2.44. The number of phosphoric acid groups is 1. The highest BCUT2D eigenvalue weighted by molar-refractivity contribution is 7.46. The minimum Gasteiger partial charge on any atom is -0.469 e. The summed E-state index contributed by atoms with van der Waals surface area (Å²) in [6, 6.07) is 0. The van der Waals surface area contributed by atoms with Crippen molar-refractivity contribution in [3.8, 4) is 0 Å². The van der Waals surface area contributed by atoms with Gasteiger partial charge in [-0.3, -0.25) is 24.4 Å². The average molecular weight is 323 g/mol. The summed E-state index contributed by atoms with van der Waals surface area (Å²) in [6.45, 7) is -0.240. The van der Waals surface area contributed by atoms with Crippen molar-refractivity contribution in [1.82, 2.24) is 9.80 Å². The van der Waals surface area contributed by atoms with E-state index in [4.69, 9.17) is 15.2 Å². The fourth-order valence-corrected chi connectivity index (χ4v) is 2.16. The van der Waals surface area contributed by atoms with Gasteiger partial charge < -0.3 is 19.4 Å². The monoisotopic (exact) mass is 323 g/mol. The molecular weight excluding hydrogens is 305 g/mol. The summed E-state index contributed by atoms with van der Waals surface area (Å²) in [5.41, 5.74) is 0. The molecule has 0 aromatic rings. The number of likely N-dealkylation sites (tertiary alicyclic amines) is 1. The van der Waals surface area contributed by atoms with E-state index in [9.17, 15) is 14.2 Å². The minimum atomic E-state index is -4.56. The number of amides is 1. The summed E-state index contributed by atoms with van der Waals surface area (Å²) >= 11 is 0. The number of hydrogen-bond acceptors (Lipinski definition) is 6. The largest absolute Gasteiger partial charge is 0.469 e. The molecule has 3 N–H and O–H groups in total. The van der Waals surface area contributed by atoms with Gasteiger partial charge in [-0.25, -0.2) is 4.57 Å². The van der Waals surface area contributed by atoms with Crippen LogP contribution in [0.3, 0.4) is 0 Å². The van der Waals surface area contributed by atoms with Crippen LogP contribution in [0, 0.1) is 11.3 Å². The number of rotatable bonds is 5. The van der Waals surface area contributed by atoms with Gasteiger partial charge in [0.1, 0.15) is 0 Å². The van der Waals surface area contributed by atoms with Crippen LogP contribution >= 0.6 is 7.82 Å². The molecular formula is C10H18N3O7P. The maximum Gasteiger partial charge on any atom is 0.469 e. The Labute approximate surface area is 121 Å². The zero-order valence-electron chi connectivity index (χ0n) is 11.7. The number of nitrogens with zero attached hydrogens (tertiary/aromatic N) is 2. The lowest BCUT2D eigenvalue weighted by atomic mass is 10.1. The second kappa shape index (κ2) is 6.99. The number of carbonyl (C=O) groups is 2. The molecule has 0 aromatic heterocycles. The van der Waals surface area contributed by atoms with Crippen molar-refractivity contribution >= 4 is 25.7 Å². The van der Waals surface area contributed by atoms with Crippen molar-refractivity contribution in [1.29, 1.82) is 5.41 Å². The van der Waals surface area contributed by atoms with E-state index in [1.807, 2.05) is 0 Å². The lowest BCUT2D eigenvalue weighted by Gasteiger charge is -2.26. The van der Waals surface area contributed by atoms with E-state index < -0.39 is 19.7 Å². The molecule has 1 saturated heterocycles. The predicted octanol–water partition coefficient (Wildman–Crippen LogP) is -1.02. The van der Waals surface area contributed by atoms with Crippen LogP contribution in [0.15, 0.2) is 0 Å². The van der Waals surface area contributed by atoms with Crippen LogP contribution in [-0.4, -0.2) is 71.3 Å². The Morgan fingerprint density at radius 3 is 2.71 bits per heavy atom. The first-order chi connectivity index (χ1) is 9.65. The maximum absolute atomic E-state index is 11.8. The highest BCUT2D eigenvalue weighted by atomic mass is 31.2. The third-order valence-corrected chi connectivity index (χ3v) is 3.48. The van der Waals surface area contributed by atoms with Gasteiger partial charge in [-0.1, -0.05) is 0 Å². The smallest absolute Gasteiger partial charge is 0.469 e. The van der Waals surface area contributed by atoms with Crippen molar-refractivity contribution in [2.45, 2.75) is 6.42 Å². The average Bonchev–Trinajstić information content (AvgIpc) is 2.77. The molecule has 120 valence electrons. The molecule has 11 heteroatoms. The topological polar surface area (TPSA) is 140 Å². The molecule has 1 unspecified atom stereocenters. The zero-order valence-corrected chi connectivity index (χ0v) is 12.6. The fraction of sp³-hybridized carbons (Fsp3) is 0.700. The Kier molecular flexibility index (Phi) is 5.85. The summed E-state index contributed by atoms with van der Waals surface area (Å²) in [7, 11) is -1.85. The SMILES string of the molecule is COC(=O)C1CC(=O)N(C(=N)N(C)CCOP(=O)(O)O)C1. The van der Waals surface area contributed by atoms with E-state index in [0.29, 0.717) is 0 Å². The number of methoxy groups -OCH3 is 1. The highest BCUT2D eigenvalue weighted by Crippen LogP contribution is 2.35. The van der Waals surface area contributed by atoms with Crippen molar-refractivity contribution < 1.29 is 33.2 Å². The number of nitrogens with one attached hydrogen (secondary N) is 1. The molecule has 0 saturated carbocycles. The number of phosphoric ester groups is 1. The number of ether oxygens (including phenoxy) is 1. The van der Waals surface area contributed by atoms with Crippen LogP contribution in [0.2, 0.25) is 0 Å². The molecule has 1 amide bonds. The Hall–Kier alpha value is -1.48. The van der Waals surface area contributed by atoms with Crippen molar-refractivity contribution in [3.63, 3.8) is 0 Å². The van der Waals surface area contributed by atoms with Gasteiger partial charge >= 0.3 is 13.8 Å². The van der Waals surface area contributed by atoms with Gasteiger partial charge in [-0.05, 0) is 0 Å². The molecule has 0 aromatic carbocycles. The van der Waals surface area contributed by atoms with Gasteiger partial charge in [0.05, 0.1) is 19.6 Å². The standard InChI is InChI=1S/C10H18N3O7P/c1-12(3-4-20-21(16,17)18)10(11)13-6-7(5-8(13)14)9(15)19-2/h7,11H,3-6H2,1-2H3,(H2,16,17,18). The normalized spacial score (nSPS) is 18.8. The third-order valence-electron chi connectivity index (χ3n) is 2.96. The van der Waals surface area contributed by atoms with Gasteiger partial charge in [0.15, 0.2) is 5.96 Å². The van der Waals surface area contributed by atoms with Crippen LogP contribution in [0.1, 0.15) is 6.42 Å². The molecule has 1 heterocycles. The molecule has 0 bridgehead atoms. The Morgan fingerprint density at radius 1 is 1.57 bits per heavy atom. The zero-order chi connectivity index (χ0) is 16.2. The molecule has 1 aliphatic rings. The second-order valence-corrected chi connectivity index (χ2v) is 5.74. The summed E-state index contributed by atoms with van der Waals surface area (Å²) in [5, 5.41) is 7.87. The van der Waals surface area contributed by atoms with Crippen LogP contribution < -0.4 is 0 Å².